The molecule has 1 aromatic heterocycles. The summed E-state index contributed by atoms with van der Waals surface area (Å²) in [7, 11) is 0. The third-order valence-corrected chi connectivity index (χ3v) is 6.48. The predicted octanol–water partition coefficient (Wildman–Crippen LogP) is 5.24. The Labute approximate surface area is 181 Å². The molecule has 1 N–H and O–H groups in total. The third-order valence-electron chi connectivity index (χ3n) is 6.48. The molecule has 1 fully saturated rings. The molecule has 1 aliphatic carbocycles. The number of fused-ring (bicyclic) bond motifs is 2. The summed E-state index contributed by atoms with van der Waals surface area (Å²) in [6.07, 6.45) is 11.5. The number of nitrogens with zero attached hydrogens (tertiary/aromatic N) is 4. The van der Waals surface area contributed by atoms with Gasteiger partial charge in [-0.05, 0) is 49.9 Å². The van der Waals surface area contributed by atoms with Crippen molar-refractivity contribution >= 4 is 23.0 Å². The number of aliphatic imine (C=N–C) groups is 2. The number of nitrogens with one attached hydrogen (secondary N) is 1. The van der Waals surface area contributed by atoms with Crippen LogP contribution in [-0.2, 0) is 0 Å². The number of aromatic nitrogens is 1. The van der Waals surface area contributed by atoms with E-state index in [0.29, 0.717) is 10.6 Å². The highest BCUT2D eigenvalue weighted by atomic mass is 15.7. The van der Waals surface area contributed by atoms with Crippen LogP contribution in [0.2, 0.25) is 0 Å². The minimum atomic E-state index is 0.428. The van der Waals surface area contributed by atoms with Gasteiger partial charge in [0.2, 0.25) is 5.70 Å². The third kappa shape index (κ3) is 2.97. The summed E-state index contributed by atoms with van der Waals surface area (Å²) in [6, 6.07) is 19.5. The van der Waals surface area contributed by atoms with Crippen molar-refractivity contribution in [1.29, 1.82) is 0 Å². The number of rotatable bonds is 4. The van der Waals surface area contributed by atoms with Crippen LogP contribution in [0.3, 0.4) is 0 Å². The summed E-state index contributed by atoms with van der Waals surface area (Å²) in [4.78, 5) is 14.2. The molecule has 5 nitrogen and oxygen atoms in total. The fourth-order valence-electron chi connectivity index (χ4n) is 4.55. The number of amidine groups is 1. The van der Waals surface area contributed by atoms with E-state index in [1.807, 2.05) is 24.7 Å². The normalized spacial score (nSPS) is 22.2. The molecule has 152 valence electrons. The van der Waals surface area contributed by atoms with Gasteiger partial charge < -0.3 is 0 Å². The zero-order chi connectivity index (χ0) is 20.8. The molecule has 0 spiro atoms. The fraction of sp³-hybridized carbons (Fsp3) is 0.192. The first-order valence-corrected chi connectivity index (χ1v) is 10.9. The summed E-state index contributed by atoms with van der Waals surface area (Å²) < 4.78 is 0.428. The van der Waals surface area contributed by atoms with Gasteiger partial charge in [0.25, 0.3) is 5.84 Å². The van der Waals surface area contributed by atoms with Crippen molar-refractivity contribution in [1.82, 2.24) is 10.4 Å². The monoisotopic (exact) mass is 406 g/mol. The lowest BCUT2D eigenvalue weighted by atomic mass is 9.93. The molecule has 6 rings (SSSR count). The lowest BCUT2D eigenvalue weighted by Gasteiger charge is -2.38. The van der Waals surface area contributed by atoms with Gasteiger partial charge in [0.15, 0.2) is 0 Å². The number of benzene rings is 2. The summed E-state index contributed by atoms with van der Waals surface area (Å²) >= 11 is 0. The predicted molar refractivity (Wildman–Crippen MR) is 125 cm³/mol. The molecule has 0 amide bonds. The number of hydrogen-bond donors (Lipinski definition) is 1. The van der Waals surface area contributed by atoms with E-state index in [1.165, 1.54) is 30.2 Å². The Balaban J connectivity index is 1.45. The zero-order valence-corrected chi connectivity index (χ0v) is 17.5. The lowest BCUT2D eigenvalue weighted by molar-refractivity contribution is -0.794. The Hall–Kier alpha value is -3.41. The Kier molecular flexibility index (Phi) is 4.19. The molecule has 3 aromatic rings. The van der Waals surface area contributed by atoms with Crippen molar-refractivity contribution in [2.24, 2.45) is 9.98 Å². The molecule has 2 aromatic carbocycles. The number of allylic oxidation sites excluding steroid dienone is 1. The zero-order valence-electron chi connectivity index (χ0n) is 17.5. The Morgan fingerprint density at radius 1 is 1.00 bits per heavy atom. The van der Waals surface area contributed by atoms with E-state index in [-0.39, 0.29) is 0 Å². The Morgan fingerprint density at radius 3 is 2.68 bits per heavy atom. The van der Waals surface area contributed by atoms with Crippen molar-refractivity contribution in [2.75, 3.05) is 0 Å². The van der Waals surface area contributed by atoms with Crippen LogP contribution in [0.5, 0.6) is 0 Å². The molecular weight excluding hydrogens is 382 g/mol. The van der Waals surface area contributed by atoms with Crippen LogP contribution < -0.4 is 5.43 Å². The summed E-state index contributed by atoms with van der Waals surface area (Å²) in [5, 5.41) is 1.17. The first-order chi connectivity index (χ1) is 15.2. The lowest BCUT2D eigenvalue weighted by Crippen LogP contribution is -2.61. The largest absolute Gasteiger partial charge is 0.264 e. The molecule has 2 aliphatic heterocycles. The molecule has 5 heteroatoms. The van der Waals surface area contributed by atoms with E-state index in [0.717, 1.165) is 33.9 Å². The van der Waals surface area contributed by atoms with E-state index in [4.69, 9.17) is 9.98 Å². The van der Waals surface area contributed by atoms with Crippen molar-refractivity contribution in [3.05, 3.63) is 90.0 Å². The van der Waals surface area contributed by atoms with Gasteiger partial charge in [-0.25, -0.2) is 4.98 Å². The SMILES string of the molecule is Cc1cc(-c2ccccc2)nc2cc(C3=NC=C4C=NC=C[N+]43NC3CCC3)ccc12. The highest BCUT2D eigenvalue weighted by Gasteiger charge is 2.45. The molecule has 3 heterocycles. The van der Waals surface area contributed by atoms with Crippen LogP contribution in [-0.4, -0.2) is 27.7 Å². The van der Waals surface area contributed by atoms with E-state index in [9.17, 15) is 0 Å². The maximum absolute atomic E-state index is 5.01. The van der Waals surface area contributed by atoms with Gasteiger partial charge in [0, 0.05) is 10.9 Å². The van der Waals surface area contributed by atoms with Crippen LogP contribution in [0, 0.1) is 6.92 Å². The average Bonchev–Trinajstić information content (AvgIpc) is 3.16. The van der Waals surface area contributed by atoms with Gasteiger partial charge >= 0.3 is 0 Å². The van der Waals surface area contributed by atoms with Gasteiger partial charge in [-0.15, -0.1) is 10.0 Å². The second-order valence-electron chi connectivity index (χ2n) is 8.48. The number of pyridine rings is 1. The summed E-state index contributed by atoms with van der Waals surface area (Å²) in [5.74, 6) is 0.968. The van der Waals surface area contributed by atoms with Crippen molar-refractivity contribution in [3.8, 4) is 11.3 Å². The van der Waals surface area contributed by atoms with Crippen molar-refractivity contribution < 1.29 is 4.59 Å². The van der Waals surface area contributed by atoms with Gasteiger partial charge in [-0.2, -0.15) is 4.99 Å². The first-order valence-electron chi connectivity index (χ1n) is 10.9. The highest BCUT2D eigenvalue weighted by molar-refractivity contribution is 6.02. The Bertz CT molecular complexity index is 1300. The smallest absolute Gasteiger partial charge is 0.253 e. The summed E-state index contributed by atoms with van der Waals surface area (Å²) in [5.41, 5.74) is 10.3. The van der Waals surface area contributed by atoms with E-state index in [2.05, 4.69) is 72.1 Å². The Morgan fingerprint density at radius 2 is 1.87 bits per heavy atom. The van der Waals surface area contributed by atoms with Gasteiger partial charge in [-0.1, -0.05) is 36.4 Å². The molecule has 1 unspecified atom stereocenters. The quantitative estimate of drug-likeness (QED) is 0.602. The highest BCUT2D eigenvalue weighted by Crippen LogP contribution is 2.33. The topological polar surface area (TPSA) is 49.6 Å². The van der Waals surface area contributed by atoms with Crippen LogP contribution in [0.1, 0.15) is 30.4 Å². The van der Waals surface area contributed by atoms with Crippen molar-refractivity contribution in [2.45, 2.75) is 32.2 Å². The molecule has 0 radical (unpaired) electrons. The van der Waals surface area contributed by atoms with Crippen molar-refractivity contribution in [3.63, 3.8) is 0 Å². The average molecular weight is 407 g/mol. The molecule has 0 saturated heterocycles. The molecule has 31 heavy (non-hydrogen) atoms. The number of aryl methyl sites for hydroxylation is 1. The summed E-state index contributed by atoms with van der Waals surface area (Å²) in [6.45, 7) is 2.15. The van der Waals surface area contributed by atoms with Gasteiger partial charge in [0.1, 0.15) is 6.20 Å². The minimum Gasteiger partial charge on any atom is -0.253 e. The molecule has 1 saturated carbocycles. The van der Waals surface area contributed by atoms with Crippen LogP contribution in [0.15, 0.2) is 88.9 Å². The second kappa shape index (κ2) is 7.08. The van der Waals surface area contributed by atoms with Crippen LogP contribution >= 0.6 is 0 Å². The van der Waals surface area contributed by atoms with E-state index >= 15 is 0 Å². The number of hydrogen-bond acceptors (Lipinski definition) is 4. The maximum atomic E-state index is 5.01. The standard InChI is InChI=1S/C26H24N5/c1-18-14-24(19-6-3-2-4-7-19)29-25-15-20(10-11-23(18)25)26-28-17-22-16-27-12-13-31(22,26)30-21-8-5-9-21/h2-4,6-7,10-17,21,30H,5,8-9H2,1H3/q+1. The van der Waals surface area contributed by atoms with Gasteiger partial charge in [0.05, 0.1) is 41.4 Å². The van der Waals surface area contributed by atoms with E-state index in [1.54, 1.807) is 0 Å². The fourth-order valence-corrected chi connectivity index (χ4v) is 4.55. The molecule has 3 aliphatic rings. The second-order valence-corrected chi connectivity index (χ2v) is 8.48. The maximum Gasteiger partial charge on any atom is 0.264 e. The van der Waals surface area contributed by atoms with Crippen LogP contribution in [0.4, 0.5) is 0 Å². The first kappa shape index (κ1) is 18.4. The van der Waals surface area contributed by atoms with Gasteiger partial charge in [-0.3, -0.25) is 4.99 Å². The molecule has 0 bridgehead atoms. The number of quaternary nitrogens is 1. The van der Waals surface area contributed by atoms with Crippen LogP contribution in [0.25, 0.3) is 22.2 Å². The minimum absolute atomic E-state index is 0.428. The van der Waals surface area contributed by atoms with E-state index < -0.39 is 0 Å². The molecule has 1 atom stereocenters. The molecular formula is C26H24N5+.